The third-order valence-electron chi connectivity index (χ3n) is 6.59. The van der Waals surface area contributed by atoms with E-state index in [-0.39, 0.29) is 0 Å². The van der Waals surface area contributed by atoms with Gasteiger partial charge in [0.2, 0.25) is 0 Å². The molecule has 2 aliphatic heterocycles. The Morgan fingerprint density at radius 3 is 2.76 bits per heavy atom. The fourth-order valence-corrected chi connectivity index (χ4v) is 4.83. The summed E-state index contributed by atoms with van der Waals surface area (Å²) in [6.07, 6.45) is 2.81. The van der Waals surface area contributed by atoms with Gasteiger partial charge in [0.15, 0.2) is 0 Å². The number of aliphatic hydroxyl groups excluding tert-OH is 1. The van der Waals surface area contributed by atoms with Crippen molar-refractivity contribution in [2.75, 3.05) is 13.1 Å². The smallest absolute Gasteiger partial charge is 0.269 e. The second kappa shape index (κ2) is 8.28. The molecule has 1 aromatic carbocycles. The maximum atomic E-state index is 12.0. The average Bonchev–Trinajstić information content (AvgIpc) is 3.05. The fraction of sp³-hybridized carbons (Fsp3) is 0.565. The standard InChI is InChI=1S/C23H32N4O2/c1-15(2)17-7-8-21-25-22(23(24)29)20(27(21)13-17)11-19(28)14-26-10-9-16-5-3-4-6-18(16)12-26/h3-6,15,17,19,28H,7-14H2,1-2H3,(H2,24,29)/t17?,19-/m0/s1. The van der Waals surface area contributed by atoms with Crippen LogP contribution in [0.2, 0.25) is 0 Å². The van der Waals surface area contributed by atoms with Gasteiger partial charge in [0, 0.05) is 39.0 Å². The quantitative estimate of drug-likeness (QED) is 0.784. The Morgan fingerprint density at radius 1 is 1.28 bits per heavy atom. The first-order chi connectivity index (χ1) is 13.9. The Hall–Kier alpha value is -2.18. The van der Waals surface area contributed by atoms with Gasteiger partial charge < -0.3 is 15.4 Å². The molecule has 2 aromatic rings. The average molecular weight is 397 g/mol. The summed E-state index contributed by atoms with van der Waals surface area (Å²) in [6.45, 7) is 7.72. The van der Waals surface area contributed by atoms with Crippen molar-refractivity contribution in [2.45, 2.75) is 58.7 Å². The van der Waals surface area contributed by atoms with E-state index in [0.717, 1.165) is 50.4 Å². The topological polar surface area (TPSA) is 84.4 Å². The van der Waals surface area contributed by atoms with E-state index in [0.29, 0.717) is 30.5 Å². The molecule has 3 N–H and O–H groups in total. The number of β-amino-alcohol motifs (C(OH)–C–C–N with tert-alkyl or cyclic N) is 1. The van der Waals surface area contributed by atoms with Crippen molar-refractivity contribution < 1.29 is 9.90 Å². The van der Waals surface area contributed by atoms with Crippen molar-refractivity contribution in [2.24, 2.45) is 17.6 Å². The summed E-state index contributed by atoms with van der Waals surface area (Å²) >= 11 is 0. The molecule has 156 valence electrons. The van der Waals surface area contributed by atoms with Crippen LogP contribution in [0.5, 0.6) is 0 Å². The molecule has 0 saturated carbocycles. The van der Waals surface area contributed by atoms with Gasteiger partial charge in [-0.2, -0.15) is 0 Å². The molecule has 3 heterocycles. The first-order valence-electron chi connectivity index (χ1n) is 10.8. The van der Waals surface area contributed by atoms with E-state index < -0.39 is 12.0 Å². The SMILES string of the molecule is CC(C)C1CCc2nc(C(N)=O)c(C[C@H](O)CN3CCc4ccccc4C3)n2C1. The fourth-order valence-electron chi connectivity index (χ4n) is 4.83. The van der Waals surface area contributed by atoms with E-state index in [9.17, 15) is 9.90 Å². The van der Waals surface area contributed by atoms with E-state index in [2.05, 4.69) is 52.6 Å². The number of aromatic nitrogens is 2. The minimum absolute atomic E-state index is 0.340. The molecule has 0 aliphatic carbocycles. The number of amides is 1. The van der Waals surface area contributed by atoms with Gasteiger partial charge in [-0.3, -0.25) is 9.69 Å². The molecule has 2 aliphatic rings. The number of aryl methyl sites for hydroxylation is 1. The number of primary amides is 1. The van der Waals surface area contributed by atoms with Gasteiger partial charge in [0.25, 0.3) is 5.91 Å². The molecule has 1 amide bonds. The molecule has 6 nitrogen and oxygen atoms in total. The summed E-state index contributed by atoms with van der Waals surface area (Å²) in [4.78, 5) is 18.8. The molecule has 1 aromatic heterocycles. The zero-order chi connectivity index (χ0) is 20.5. The number of imidazole rings is 1. The first-order valence-corrected chi connectivity index (χ1v) is 10.8. The van der Waals surface area contributed by atoms with Gasteiger partial charge in [0.1, 0.15) is 11.5 Å². The largest absolute Gasteiger partial charge is 0.391 e. The van der Waals surface area contributed by atoms with Crippen LogP contribution in [0.25, 0.3) is 0 Å². The van der Waals surface area contributed by atoms with E-state index in [1.165, 1.54) is 11.1 Å². The second-order valence-corrected chi connectivity index (χ2v) is 8.95. The predicted molar refractivity (Wildman–Crippen MR) is 113 cm³/mol. The molecule has 0 radical (unpaired) electrons. The van der Waals surface area contributed by atoms with Gasteiger partial charge in [-0.15, -0.1) is 0 Å². The molecule has 0 saturated heterocycles. The van der Waals surface area contributed by atoms with Crippen molar-refractivity contribution in [3.8, 4) is 0 Å². The van der Waals surface area contributed by atoms with Crippen molar-refractivity contribution in [1.82, 2.24) is 14.5 Å². The molecule has 2 atom stereocenters. The van der Waals surface area contributed by atoms with Crippen molar-refractivity contribution in [3.63, 3.8) is 0 Å². The van der Waals surface area contributed by atoms with Crippen LogP contribution < -0.4 is 5.73 Å². The number of nitrogens with two attached hydrogens (primary N) is 1. The molecule has 0 bridgehead atoms. The third-order valence-corrected chi connectivity index (χ3v) is 6.59. The zero-order valence-corrected chi connectivity index (χ0v) is 17.5. The molecule has 1 unspecified atom stereocenters. The highest BCUT2D eigenvalue weighted by Gasteiger charge is 2.29. The molecule has 6 heteroatoms. The van der Waals surface area contributed by atoms with Crippen LogP contribution >= 0.6 is 0 Å². The van der Waals surface area contributed by atoms with Crippen LogP contribution in [-0.4, -0.2) is 44.7 Å². The van der Waals surface area contributed by atoms with E-state index in [1.54, 1.807) is 0 Å². The number of hydrogen-bond donors (Lipinski definition) is 2. The summed E-state index contributed by atoms with van der Waals surface area (Å²) in [5.41, 5.74) is 9.52. The predicted octanol–water partition coefficient (Wildman–Crippen LogP) is 2.16. The molecule has 0 spiro atoms. The van der Waals surface area contributed by atoms with Crippen LogP contribution in [0.1, 0.15) is 53.4 Å². The number of benzene rings is 1. The minimum atomic E-state index is -0.557. The summed E-state index contributed by atoms with van der Waals surface area (Å²) in [6, 6.07) is 8.51. The Bertz CT molecular complexity index is 889. The lowest BCUT2D eigenvalue weighted by Crippen LogP contribution is -2.38. The Labute approximate surface area is 172 Å². The third kappa shape index (κ3) is 4.23. The van der Waals surface area contributed by atoms with Gasteiger partial charge >= 0.3 is 0 Å². The lowest BCUT2D eigenvalue weighted by molar-refractivity contribution is 0.0980. The van der Waals surface area contributed by atoms with Gasteiger partial charge in [-0.25, -0.2) is 4.98 Å². The zero-order valence-electron chi connectivity index (χ0n) is 17.5. The lowest BCUT2D eigenvalue weighted by atomic mass is 9.88. The van der Waals surface area contributed by atoms with Crippen LogP contribution in [0.15, 0.2) is 24.3 Å². The highest BCUT2D eigenvalue weighted by atomic mass is 16.3. The Morgan fingerprint density at radius 2 is 2.03 bits per heavy atom. The van der Waals surface area contributed by atoms with Crippen molar-refractivity contribution in [3.05, 3.63) is 52.6 Å². The number of aliphatic hydroxyl groups is 1. The van der Waals surface area contributed by atoms with Crippen LogP contribution in [0.4, 0.5) is 0 Å². The highest BCUT2D eigenvalue weighted by molar-refractivity contribution is 5.92. The van der Waals surface area contributed by atoms with E-state index in [1.807, 2.05) is 0 Å². The maximum absolute atomic E-state index is 12.0. The Balaban J connectivity index is 1.49. The van der Waals surface area contributed by atoms with Crippen molar-refractivity contribution in [1.29, 1.82) is 0 Å². The maximum Gasteiger partial charge on any atom is 0.269 e. The molecule has 0 fully saturated rings. The highest BCUT2D eigenvalue weighted by Crippen LogP contribution is 2.29. The first kappa shape index (κ1) is 20.1. The second-order valence-electron chi connectivity index (χ2n) is 8.95. The number of rotatable bonds is 6. The number of nitrogens with zero attached hydrogens (tertiary/aromatic N) is 3. The van der Waals surface area contributed by atoms with Crippen molar-refractivity contribution >= 4 is 5.91 Å². The number of carbonyl (C=O) groups excluding carboxylic acids is 1. The minimum Gasteiger partial charge on any atom is -0.391 e. The van der Waals surface area contributed by atoms with Gasteiger partial charge in [-0.05, 0) is 35.8 Å². The van der Waals surface area contributed by atoms with Crippen LogP contribution in [-0.2, 0) is 32.4 Å². The molecular weight excluding hydrogens is 364 g/mol. The van der Waals surface area contributed by atoms with Crippen LogP contribution in [0, 0.1) is 11.8 Å². The molecular formula is C23H32N4O2. The Kier molecular flexibility index (Phi) is 5.74. The van der Waals surface area contributed by atoms with E-state index in [4.69, 9.17) is 5.73 Å². The number of hydrogen-bond acceptors (Lipinski definition) is 4. The summed E-state index contributed by atoms with van der Waals surface area (Å²) in [5.74, 6) is 1.58. The lowest BCUT2D eigenvalue weighted by Gasteiger charge is -2.31. The van der Waals surface area contributed by atoms with Gasteiger partial charge in [0.05, 0.1) is 11.8 Å². The summed E-state index contributed by atoms with van der Waals surface area (Å²) in [5, 5.41) is 10.9. The monoisotopic (exact) mass is 396 g/mol. The summed E-state index contributed by atoms with van der Waals surface area (Å²) < 4.78 is 2.16. The number of fused-ring (bicyclic) bond motifs is 2. The van der Waals surface area contributed by atoms with Gasteiger partial charge in [-0.1, -0.05) is 38.1 Å². The number of carbonyl (C=O) groups is 1. The summed E-state index contributed by atoms with van der Waals surface area (Å²) in [7, 11) is 0. The normalized spacial score (nSPS) is 20.3. The van der Waals surface area contributed by atoms with Crippen LogP contribution in [0.3, 0.4) is 0 Å². The van der Waals surface area contributed by atoms with E-state index >= 15 is 0 Å². The molecule has 29 heavy (non-hydrogen) atoms. The molecule has 4 rings (SSSR count).